The molecule has 0 spiro atoms. The maximum absolute atomic E-state index is 13.8. The molecule has 4 aromatic heterocycles. The molecule has 1 aromatic carbocycles. The van der Waals surface area contributed by atoms with Gasteiger partial charge in [0.2, 0.25) is 11.9 Å². The molecule has 45 heavy (non-hydrogen) atoms. The molecular weight excluding hydrogens is 601 g/mol. The molecule has 1 aliphatic heterocycles. The molecule has 0 atom stereocenters. The second-order valence-corrected chi connectivity index (χ2v) is 10.3. The molecule has 2 amide bonds. The normalized spacial score (nSPS) is 13.8. The zero-order valence-corrected chi connectivity index (χ0v) is 23.6. The minimum absolute atomic E-state index is 0.0531. The number of carbonyl (C=O) groups excluding carboxylic acids is 2. The van der Waals surface area contributed by atoms with Crippen LogP contribution in [0.1, 0.15) is 16.8 Å². The Kier molecular flexibility index (Phi) is 7.64. The van der Waals surface area contributed by atoms with E-state index in [9.17, 15) is 31.5 Å². The Balaban J connectivity index is 1.34. The van der Waals surface area contributed by atoms with Crippen LogP contribution in [0.2, 0.25) is 0 Å². The minimum atomic E-state index is -4.59. The first kappa shape index (κ1) is 29.7. The Bertz CT molecular complexity index is 1890. The second-order valence-electron chi connectivity index (χ2n) is 10.3. The number of amides is 2. The summed E-state index contributed by atoms with van der Waals surface area (Å²) < 4.78 is 68.8. The quantitative estimate of drug-likeness (QED) is 0.221. The number of rotatable bonds is 6. The molecule has 5 heterocycles. The second kappa shape index (κ2) is 11.6. The van der Waals surface area contributed by atoms with Gasteiger partial charge in [-0.1, -0.05) is 0 Å². The maximum atomic E-state index is 13.8. The monoisotopic (exact) mass is 625 g/mol. The Labute approximate surface area is 251 Å². The van der Waals surface area contributed by atoms with Crippen LogP contribution in [-0.2, 0) is 11.8 Å². The van der Waals surface area contributed by atoms with Gasteiger partial charge in [-0.25, -0.2) is 18.9 Å². The Morgan fingerprint density at radius 2 is 1.69 bits per heavy atom. The van der Waals surface area contributed by atoms with E-state index >= 15 is 0 Å². The van der Waals surface area contributed by atoms with Crippen LogP contribution < -0.4 is 10.2 Å². The first-order valence-corrected chi connectivity index (χ1v) is 13.7. The summed E-state index contributed by atoms with van der Waals surface area (Å²) in [6.45, 7) is 0.615. The van der Waals surface area contributed by atoms with Crippen molar-refractivity contribution in [3.63, 3.8) is 0 Å². The number of carbonyl (C=O) groups is 2. The topological polar surface area (TPSA) is 114 Å². The van der Waals surface area contributed by atoms with Gasteiger partial charge in [-0.15, -0.1) is 0 Å². The summed E-state index contributed by atoms with van der Waals surface area (Å²) in [6, 6.07) is 11.5. The number of piperazine rings is 1. The summed E-state index contributed by atoms with van der Waals surface area (Å²) in [4.78, 5) is 35.7. The summed E-state index contributed by atoms with van der Waals surface area (Å²) in [5.74, 6) is -2.06. The third-order valence-corrected chi connectivity index (χ3v) is 7.22. The number of alkyl halides is 3. The highest BCUT2D eigenvalue weighted by atomic mass is 19.4. The summed E-state index contributed by atoms with van der Waals surface area (Å²) >= 11 is 0. The molecule has 5 aromatic rings. The summed E-state index contributed by atoms with van der Waals surface area (Å²) in [7, 11) is 1.71. The minimum Gasteiger partial charge on any atom is -0.353 e. The van der Waals surface area contributed by atoms with Gasteiger partial charge in [-0.05, 0) is 42.5 Å². The van der Waals surface area contributed by atoms with E-state index in [0.717, 1.165) is 6.07 Å². The lowest BCUT2D eigenvalue weighted by molar-refractivity contribution is -0.161. The van der Waals surface area contributed by atoms with Gasteiger partial charge in [0.05, 0.1) is 17.5 Å². The molecule has 11 nitrogen and oxygen atoms in total. The number of fused-ring (bicyclic) bond motifs is 1. The Hall–Kier alpha value is -5.41. The van der Waals surface area contributed by atoms with Crippen molar-refractivity contribution in [1.82, 2.24) is 34.3 Å². The maximum Gasteiger partial charge on any atom is 0.397 e. The number of hydrogen-bond donors (Lipinski definition) is 1. The van der Waals surface area contributed by atoms with Crippen molar-refractivity contribution in [3.05, 3.63) is 78.3 Å². The van der Waals surface area contributed by atoms with Crippen LogP contribution in [0.25, 0.3) is 28.2 Å². The van der Waals surface area contributed by atoms with Crippen LogP contribution in [0.15, 0.2) is 60.9 Å². The molecule has 0 bridgehead atoms. The summed E-state index contributed by atoms with van der Waals surface area (Å²) in [6.07, 6.45) is -3.46. The highest BCUT2D eigenvalue weighted by Crippen LogP contribution is 2.39. The molecule has 6 rings (SSSR count). The van der Waals surface area contributed by atoms with E-state index in [-0.39, 0.29) is 37.6 Å². The van der Waals surface area contributed by atoms with Gasteiger partial charge in [0, 0.05) is 56.6 Å². The van der Waals surface area contributed by atoms with Crippen molar-refractivity contribution in [2.75, 3.05) is 36.4 Å². The zero-order valence-electron chi connectivity index (χ0n) is 23.6. The number of imidazole rings is 1. The smallest absolute Gasteiger partial charge is 0.353 e. The number of pyridine rings is 1. The van der Waals surface area contributed by atoms with Crippen molar-refractivity contribution >= 4 is 29.1 Å². The predicted molar refractivity (Wildman–Crippen MR) is 152 cm³/mol. The van der Waals surface area contributed by atoms with Gasteiger partial charge >= 0.3 is 6.18 Å². The van der Waals surface area contributed by atoms with Crippen molar-refractivity contribution in [2.45, 2.75) is 12.6 Å². The number of nitrogens with zero attached hydrogens (tertiary/aromatic N) is 8. The van der Waals surface area contributed by atoms with E-state index < -0.39 is 36.2 Å². The van der Waals surface area contributed by atoms with Crippen molar-refractivity contribution in [1.29, 1.82) is 0 Å². The van der Waals surface area contributed by atoms with Crippen LogP contribution >= 0.6 is 0 Å². The summed E-state index contributed by atoms with van der Waals surface area (Å²) in [5, 5.41) is 12.0. The lowest BCUT2D eigenvalue weighted by Crippen LogP contribution is -2.50. The van der Waals surface area contributed by atoms with E-state index in [4.69, 9.17) is 10.2 Å². The van der Waals surface area contributed by atoms with Gasteiger partial charge in [-0.2, -0.15) is 27.8 Å². The van der Waals surface area contributed by atoms with Crippen molar-refractivity contribution < 1.29 is 31.5 Å². The number of hydrogen-bond acceptors (Lipinski definition) is 7. The van der Waals surface area contributed by atoms with Gasteiger partial charge < -0.3 is 15.1 Å². The predicted octanol–water partition coefficient (Wildman–Crippen LogP) is 4.32. The number of anilines is 2. The van der Waals surface area contributed by atoms with Crippen LogP contribution in [0, 0.1) is 11.8 Å². The largest absolute Gasteiger partial charge is 0.397 e. The van der Waals surface area contributed by atoms with E-state index in [1.165, 1.54) is 40.0 Å². The molecule has 232 valence electrons. The Morgan fingerprint density at radius 1 is 0.956 bits per heavy atom. The molecule has 0 aliphatic carbocycles. The van der Waals surface area contributed by atoms with E-state index in [1.807, 2.05) is 4.90 Å². The molecule has 1 fully saturated rings. The number of benzene rings is 1. The first-order valence-electron chi connectivity index (χ1n) is 13.7. The van der Waals surface area contributed by atoms with Gasteiger partial charge in [0.1, 0.15) is 23.7 Å². The number of aromatic nitrogens is 6. The van der Waals surface area contributed by atoms with Gasteiger partial charge in [-0.3, -0.25) is 14.3 Å². The van der Waals surface area contributed by atoms with E-state index in [2.05, 4.69) is 15.3 Å². The number of halogens is 5. The van der Waals surface area contributed by atoms with Crippen molar-refractivity contribution in [2.24, 2.45) is 7.05 Å². The highest BCUT2D eigenvalue weighted by Gasteiger charge is 2.35. The molecule has 0 unspecified atom stereocenters. The van der Waals surface area contributed by atoms with E-state index in [1.54, 1.807) is 36.0 Å². The molecule has 1 N–H and O–H groups in total. The standard InChI is InChI=1S/C29H24F5N9O2/c1-40-28(42-12-10-41(11-13-42)24(44)15-29(32,33)34)25(26(39-40)17-2-4-19(30)5-3-17)20-6-7-23-36-22(16-43(23)38-20)37-27(45)18-8-9-35-21(31)14-18/h2-9,14,16H,10-13,15H2,1H3,(H,37,45). The fourth-order valence-corrected chi connectivity index (χ4v) is 5.18. The van der Waals surface area contributed by atoms with Crippen LogP contribution in [0.5, 0.6) is 0 Å². The third-order valence-electron chi connectivity index (χ3n) is 7.22. The van der Waals surface area contributed by atoms with Crippen LogP contribution in [0.3, 0.4) is 0 Å². The average Bonchev–Trinajstić information content (AvgIpc) is 3.56. The third kappa shape index (κ3) is 6.30. The highest BCUT2D eigenvalue weighted by molar-refractivity contribution is 6.03. The first-order chi connectivity index (χ1) is 21.4. The molecule has 16 heteroatoms. The van der Waals surface area contributed by atoms with E-state index in [0.29, 0.717) is 34.0 Å². The SMILES string of the molecule is Cn1nc(-c2ccc(F)cc2)c(-c2ccc3nc(NC(=O)c4ccnc(F)c4)cn3n2)c1N1CCN(C(=O)CC(F)(F)F)CC1. The molecule has 1 aliphatic rings. The summed E-state index contributed by atoms with van der Waals surface area (Å²) in [5.41, 5.74) is 2.51. The number of aryl methyl sites for hydroxylation is 1. The van der Waals surface area contributed by atoms with Gasteiger partial charge in [0.25, 0.3) is 5.91 Å². The number of nitrogens with one attached hydrogen (secondary N) is 1. The van der Waals surface area contributed by atoms with Crippen LogP contribution in [0.4, 0.5) is 33.6 Å². The lowest BCUT2D eigenvalue weighted by atomic mass is 10.0. The average molecular weight is 626 g/mol. The molecule has 0 radical (unpaired) electrons. The van der Waals surface area contributed by atoms with Gasteiger partial charge in [0.15, 0.2) is 11.5 Å². The fourth-order valence-electron chi connectivity index (χ4n) is 5.18. The van der Waals surface area contributed by atoms with Crippen molar-refractivity contribution in [3.8, 4) is 22.5 Å². The van der Waals surface area contributed by atoms with Crippen LogP contribution in [-0.4, -0.2) is 78.4 Å². The molecule has 0 saturated carbocycles. The zero-order chi connectivity index (χ0) is 31.9. The lowest BCUT2D eigenvalue weighted by Gasteiger charge is -2.36. The molecule has 1 saturated heterocycles. The molecular formula is C29H24F5N9O2. The Morgan fingerprint density at radius 3 is 2.38 bits per heavy atom. The fraction of sp³-hybridized carbons (Fsp3) is 0.241.